The Kier molecular flexibility index (Phi) is 4.01. The first-order valence-electron chi connectivity index (χ1n) is 5.70. The van der Waals surface area contributed by atoms with E-state index in [1.165, 1.54) is 18.2 Å². The molecule has 0 fully saturated rings. The summed E-state index contributed by atoms with van der Waals surface area (Å²) in [5.41, 5.74) is 5.32. The van der Waals surface area contributed by atoms with Crippen molar-refractivity contribution in [3.05, 3.63) is 59.7 Å². The van der Waals surface area contributed by atoms with E-state index < -0.39 is 27.3 Å². The van der Waals surface area contributed by atoms with Gasteiger partial charge in [-0.05, 0) is 29.8 Å². The highest BCUT2D eigenvalue weighted by Gasteiger charge is 2.19. The average Bonchev–Trinajstić information content (AvgIpc) is 2.43. The molecule has 0 amide bonds. The zero-order valence-corrected chi connectivity index (χ0v) is 11.1. The summed E-state index contributed by atoms with van der Waals surface area (Å²) in [6.45, 7) is 0.164. The van der Waals surface area contributed by atoms with Gasteiger partial charge in [-0.3, -0.25) is 4.72 Å². The number of anilines is 1. The molecule has 0 atom stereocenters. The van der Waals surface area contributed by atoms with Crippen LogP contribution in [0, 0.1) is 11.6 Å². The van der Waals surface area contributed by atoms with Crippen LogP contribution in [-0.2, 0) is 16.6 Å². The summed E-state index contributed by atoms with van der Waals surface area (Å²) in [6.07, 6.45) is 0. The summed E-state index contributed by atoms with van der Waals surface area (Å²) >= 11 is 0. The molecule has 3 N–H and O–H groups in total. The molecule has 0 unspecified atom stereocenters. The van der Waals surface area contributed by atoms with Gasteiger partial charge in [-0.25, -0.2) is 17.2 Å². The SMILES string of the molecule is NCc1cccc(S(=O)(=O)Nc2c(F)cccc2F)c1. The summed E-state index contributed by atoms with van der Waals surface area (Å²) in [5.74, 6) is -1.97. The predicted octanol–water partition coefficient (Wildman–Crippen LogP) is 2.22. The molecule has 0 bridgehead atoms. The van der Waals surface area contributed by atoms with Crippen molar-refractivity contribution >= 4 is 15.7 Å². The van der Waals surface area contributed by atoms with Crippen molar-refractivity contribution < 1.29 is 17.2 Å². The average molecular weight is 298 g/mol. The Morgan fingerprint density at radius 2 is 1.65 bits per heavy atom. The Labute approximate surface area is 115 Å². The highest BCUT2D eigenvalue weighted by molar-refractivity contribution is 7.92. The number of para-hydroxylation sites is 1. The second-order valence-electron chi connectivity index (χ2n) is 4.05. The first kappa shape index (κ1) is 14.4. The molecule has 20 heavy (non-hydrogen) atoms. The van der Waals surface area contributed by atoms with E-state index in [1.807, 2.05) is 4.72 Å². The molecule has 2 aromatic carbocycles. The van der Waals surface area contributed by atoms with Crippen LogP contribution in [0.4, 0.5) is 14.5 Å². The molecule has 2 rings (SSSR count). The summed E-state index contributed by atoms with van der Waals surface area (Å²) in [5, 5.41) is 0. The van der Waals surface area contributed by atoms with Crippen molar-refractivity contribution in [3.8, 4) is 0 Å². The second kappa shape index (κ2) is 5.56. The number of nitrogens with two attached hydrogens (primary N) is 1. The Bertz CT molecular complexity index is 713. The lowest BCUT2D eigenvalue weighted by Crippen LogP contribution is -2.15. The van der Waals surface area contributed by atoms with E-state index in [0.717, 1.165) is 18.2 Å². The maximum Gasteiger partial charge on any atom is 0.262 e. The van der Waals surface area contributed by atoms with Gasteiger partial charge in [0.25, 0.3) is 10.0 Å². The van der Waals surface area contributed by atoms with Gasteiger partial charge in [0.1, 0.15) is 17.3 Å². The summed E-state index contributed by atoms with van der Waals surface area (Å²) in [7, 11) is -4.08. The third kappa shape index (κ3) is 2.94. The molecule has 0 aliphatic heterocycles. The van der Waals surface area contributed by atoms with E-state index in [0.29, 0.717) is 5.56 Å². The van der Waals surface area contributed by atoms with Crippen LogP contribution in [-0.4, -0.2) is 8.42 Å². The number of rotatable bonds is 4. The van der Waals surface area contributed by atoms with Gasteiger partial charge >= 0.3 is 0 Å². The van der Waals surface area contributed by atoms with Gasteiger partial charge < -0.3 is 5.73 Å². The molecule has 0 radical (unpaired) electrons. The third-order valence-corrected chi connectivity index (χ3v) is 3.99. The minimum atomic E-state index is -4.08. The van der Waals surface area contributed by atoms with Crippen LogP contribution < -0.4 is 10.5 Å². The van der Waals surface area contributed by atoms with Gasteiger partial charge in [-0.1, -0.05) is 18.2 Å². The lowest BCUT2D eigenvalue weighted by Gasteiger charge is -2.10. The largest absolute Gasteiger partial charge is 0.326 e. The molecular weight excluding hydrogens is 286 g/mol. The molecule has 0 heterocycles. The molecule has 4 nitrogen and oxygen atoms in total. The van der Waals surface area contributed by atoms with Gasteiger partial charge in [-0.2, -0.15) is 0 Å². The van der Waals surface area contributed by atoms with Crippen molar-refractivity contribution in [1.29, 1.82) is 0 Å². The van der Waals surface area contributed by atoms with Crippen LogP contribution in [0.1, 0.15) is 5.56 Å². The van der Waals surface area contributed by atoms with Crippen molar-refractivity contribution in [1.82, 2.24) is 0 Å². The lowest BCUT2D eigenvalue weighted by molar-refractivity contribution is 0.583. The second-order valence-corrected chi connectivity index (χ2v) is 5.74. The molecule has 0 aromatic heterocycles. The number of nitrogens with one attached hydrogen (secondary N) is 1. The fourth-order valence-corrected chi connectivity index (χ4v) is 2.77. The van der Waals surface area contributed by atoms with Crippen molar-refractivity contribution in [2.45, 2.75) is 11.4 Å². The normalized spacial score (nSPS) is 11.3. The van der Waals surface area contributed by atoms with Crippen LogP contribution in [0.5, 0.6) is 0 Å². The summed E-state index contributed by atoms with van der Waals surface area (Å²) in [4.78, 5) is -0.108. The van der Waals surface area contributed by atoms with E-state index >= 15 is 0 Å². The molecule has 106 valence electrons. The monoisotopic (exact) mass is 298 g/mol. The quantitative estimate of drug-likeness (QED) is 0.909. The van der Waals surface area contributed by atoms with Crippen LogP contribution in [0.3, 0.4) is 0 Å². The minimum Gasteiger partial charge on any atom is -0.326 e. The first-order valence-corrected chi connectivity index (χ1v) is 7.18. The van der Waals surface area contributed by atoms with Crippen LogP contribution in [0.15, 0.2) is 47.4 Å². The maximum absolute atomic E-state index is 13.5. The molecule has 0 aliphatic carbocycles. The van der Waals surface area contributed by atoms with E-state index in [-0.39, 0.29) is 11.4 Å². The number of benzene rings is 2. The minimum absolute atomic E-state index is 0.108. The highest BCUT2D eigenvalue weighted by atomic mass is 32.2. The highest BCUT2D eigenvalue weighted by Crippen LogP contribution is 2.22. The lowest BCUT2D eigenvalue weighted by atomic mass is 10.2. The molecular formula is C13H12F2N2O2S. The van der Waals surface area contributed by atoms with E-state index in [2.05, 4.69) is 0 Å². The predicted molar refractivity (Wildman–Crippen MR) is 71.5 cm³/mol. The smallest absolute Gasteiger partial charge is 0.262 e. The molecule has 2 aromatic rings. The molecule has 7 heteroatoms. The van der Waals surface area contributed by atoms with Crippen molar-refractivity contribution in [3.63, 3.8) is 0 Å². The van der Waals surface area contributed by atoms with Crippen LogP contribution in [0.2, 0.25) is 0 Å². The van der Waals surface area contributed by atoms with Gasteiger partial charge in [-0.15, -0.1) is 0 Å². The molecule has 0 saturated heterocycles. The van der Waals surface area contributed by atoms with E-state index in [1.54, 1.807) is 6.07 Å². The Morgan fingerprint density at radius 1 is 1.05 bits per heavy atom. The number of hydrogen-bond acceptors (Lipinski definition) is 3. The zero-order valence-electron chi connectivity index (χ0n) is 10.3. The van der Waals surface area contributed by atoms with E-state index in [4.69, 9.17) is 5.73 Å². The van der Waals surface area contributed by atoms with Gasteiger partial charge in [0.15, 0.2) is 0 Å². The van der Waals surface area contributed by atoms with Gasteiger partial charge in [0, 0.05) is 6.54 Å². The zero-order chi connectivity index (χ0) is 14.8. The molecule has 0 spiro atoms. The molecule has 0 saturated carbocycles. The Hall–Kier alpha value is -1.99. The molecule has 0 aliphatic rings. The standard InChI is InChI=1S/C13H12F2N2O2S/c14-11-5-2-6-12(15)13(11)17-20(18,19)10-4-1-3-9(7-10)8-16/h1-7,17H,8,16H2. The number of hydrogen-bond donors (Lipinski definition) is 2. The number of halogens is 2. The first-order chi connectivity index (χ1) is 9.44. The van der Waals surface area contributed by atoms with Crippen LogP contribution >= 0.6 is 0 Å². The third-order valence-electron chi connectivity index (χ3n) is 2.64. The fraction of sp³-hybridized carbons (Fsp3) is 0.0769. The Morgan fingerprint density at radius 3 is 2.25 bits per heavy atom. The number of sulfonamides is 1. The Balaban J connectivity index is 2.41. The fourth-order valence-electron chi connectivity index (χ4n) is 1.63. The summed E-state index contributed by atoms with van der Waals surface area (Å²) < 4.78 is 53.0. The van der Waals surface area contributed by atoms with Crippen LogP contribution in [0.25, 0.3) is 0 Å². The van der Waals surface area contributed by atoms with Crippen molar-refractivity contribution in [2.24, 2.45) is 5.73 Å². The van der Waals surface area contributed by atoms with E-state index in [9.17, 15) is 17.2 Å². The summed E-state index contributed by atoms with van der Waals surface area (Å²) in [6, 6.07) is 8.92. The maximum atomic E-state index is 13.5. The van der Waals surface area contributed by atoms with Gasteiger partial charge in [0.05, 0.1) is 4.90 Å². The topological polar surface area (TPSA) is 72.2 Å². The van der Waals surface area contributed by atoms with Crippen molar-refractivity contribution in [2.75, 3.05) is 4.72 Å². The van der Waals surface area contributed by atoms with Gasteiger partial charge in [0.2, 0.25) is 0 Å².